The van der Waals surface area contributed by atoms with Gasteiger partial charge in [0.2, 0.25) is 0 Å². The van der Waals surface area contributed by atoms with Crippen molar-refractivity contribution in [2.45, 2.75) is 25.3 Å². The zero-order valence-corrected chi connectivity index (χ0v) is 17.2. The van der Waals surface area contributed by atoms with Crippen LogP contribution in [0.3, 0.4) is 0 Å². The number of benzene rings is 3. The van der Waals surface area contributed by atoms with E-state index >= 15 is 0 Å². The van der Waals surface area contributed by atoms with Crippen molar-refractivity contribution in [3.63, 3.8) is 0 Å². The average Bonchev–Trinajstić information content (AvgIpc) is 2.68. The number of hydrogen-bond donors (Lipinski definition) is 1. The minimum Gasteiger partial charge on any atom is -0.378 e. The van der Waals surface area contributed by atoms with Gasteiger partial charge in [-0.3, -0.25) is 4.79 Å². The van der Waals surface area contributed by atoms with Crippen LogP contribution in [-0.4, -0.2) is 5.78 Å². The number of aryl methyl sites for hydroxylation is 1. The largest absolute Gasteiger partial charge is 0.378 e. The van der Waals surface area contributed by atoms with Crippen molar-refractivity contribution in [3.8, 4) is 0 Å². The summed E-state index contributed by atoms with van der Waals surface area (Å²) in [4.78, 5) is 12.6. The maximum absolute atomic E-state index is 12.6. The van der Waals surface area contributed by atoms with E-state index in [0.717, 1.165) is 22.1 Å². The molecule has 3 aromatic carbocycles. The third kappa shape index (κ3) is 6.23. The van der Waals surface area contributed by atoms with Crippen molar-refractivity contribution in [1.29, 1.82) is 0 Å². The number of anilines is 1. The third-order valence-corrected chi connectivity index (χ3v) is 5.17. The van der Waals surface area contributed by atoms with Gasteiger partial charge in [0.25, 0.3) is 0 Å². The molecule has 0 fully saturated rings. The van der Waals surface area contributed by atoms with Gasteiger partial charge in [0.1, 0.15) is 5.78 Å². The number of ketones is 1. The Kier molecular flexibility index (Phi) is 7.08. The first kappa shape index (κ1) is 19.7. The fraction of sp³-hybridized carbons (Fsp3) is 0.174. The molecular formula is C23H21BrClNO. The van der Waals surface area contributed by atoms with Gasteiger partial charge in [-0.2, -0.15) is 0 Å². The lowest BCUT2D eigenvalue weighted by Gasteiger charge is -2.20. The molecule has 1 atom stereocenters. The van der Waals surface area contributed by atoms with Gasteiger partial charge in [-0.25, -0.2) is 0 Å². The number of carbonyl (C=O) groups is 1. The Labute approximate surface area is 173 Å². The first-order chi connectivity index (χ1) is 13.1. The molecule has 2 nitrogen and oxygen atoms in total. The molecule has 3 rings (SSSR count). The molecule has 0 aliphatic carbocycles. The highest BCUT2D eigenvalue weighted by Crippen LogP contribution is 2.26. The normalized spacial score (nSPS) is 11.8. The Hall–Kier alpha value is -2.10. The summed E-state index contributed by atoms with van der Waals surface area (Å²) >= 11 is 9.62. The topological polar surface area (TPSA) is 29.1 Å². The van der Waals surface area contributed by atoms with Gasteiger partial charge in [0.15, 0.2) is 0 Å². The molecule has 3 aromatic rings. The summed E-state index contributed by atoms with van der Waals surface area (Å²) in [7, 11) is 0. The van der Waals surface area contributed by atoms with E-state index < -0.39 is 0 Å². The van der Waals surface area contributed by atoms with Crippen molar-refractivity contribution in [3.05, 3.63) is 99.5 Å². The van der Waals surface area contributed by atoms with Crippen molar-refractivity contribution in [2.24, 2.45) is 0 Å². The monoisotopic (exact) mass is 441 g/mol. The SMILES string of the molecule is O=C(CCc1ccccc1)CC(Nc1ccc(Br)cc1)c1cccc(Cl)c1. The molecule has 0 aromatic heterocycles. The second-order valence-corrected chi connectivity index (χ2v) is 7.84. The van der Waals surface area contributed by atoms with Crippen LogP contribution in [0.5, 0.6) is 0 Å². The molecule has 0 saturated heterocycles. The maximum atomic E-state index is 12.6. The Morgan fingerprint density at radius 2 is 1.70 bits per heavy atom. The van der Waals surface area contributed by atoms with Gasteiger partial charge in [-0.1, -0.05) is 70.0 Å². The third-order valence-electron chi connectivity index (χ3n) is 4.40. The molecule has 0 heterocycles. The Balaban J connectivity index is 1.70. The van der Waals surface area contributed by atoms with Crippen LogP contribution in [0.1, 0.15) is 30.0 Å². The van der Waals surface area contributed by atoms with Crippen LogP contribution in [0.2, 0.25) is 5.02 Å². The molecule has 0 amide bonds. The zero-order chi connectivity index (χ0) is 19.1. The summed E-state index contributed by atoms with van der Waals surface area (Å²) in [6, 6.07) is 25.6. The lowest BCUT2D eigenvalue weighted by atomic mass is 9.97. The van der Waals surface area contributed by atoms with Gasteiger partial charge in [0.05, 0.1) is 6.04 Å². The minimum absolute atomic E-state index is 0.117. The number of halogens is 2. The van der Waals surface area contributed by atoms with Crippen LogP contribution in [0.25, 0.3) is 0 Å². The van der Waals surface area contributed by atoms with E-state index in [4.69, 9.17) is 11.6 Å². The highest BCUT2D eigenvalue weighted by molar-refractivity contribution is 9.10. The van der Waals surface area contributed by atoms with Crippen molar-refractivity contribution < 1.29 is 4.79 Å². The first-order valence-corrected chi connectivity index (χ1v) is 10.1. The number of rotatable bonds is 8. The van der Waals surface area contributed by atoms with E-state index in [1.165, 1.54) is 5.56 Å². The quantitative estimate of drug-likeness (QED) is 0.413. The van der Waals surface area contributed by atoms with Gasteiger partial charge in [-0.05, 0) is 53.9 Å². The van der Waals surface area contributed by atoms with E-state index in [1.807, 2.05) is 66.7 Å². The molecule has 0 aliphatic heterocycles. The Bertz CT molecular complexity index is 880. The Morgan fingerprint density at radius 3 is 2.41 bits per heavy atom. The number of nitrogens with one attached hydrogen (secondary N) is 1. The standard InChI is InChI=1S/C23H21BrClNO/c24-19-10-12-21(13-11-19)26-23(18-7-4-8-20(25)15-18)16-22(27)14-9-17-5-2-1-3-6-17/h1-8,10-13,15,23,26H,9,14,16H2. The molecule has 138 valence electrons. The molecule has 27 heavy (non-hydrogen) atoms. The van der Waals surface area contributed by atoms with E-state index in [9.17, 15) is 4.79 Å². The number of Topliss-reactive ketones (excluding diaryl/α,β-unsaturated/α-hetero) is 1. The predicted molar refractivity (Wildman–Crippen MR) is 116 cm³/mol. The van der Waals surface area contributed by atoms with E-state index in [0.29, 0.717) is 17.9 Å². The summed E-state index contributed by atoms with van der Waals surface area (Å²) in [6.07, 6.45) is 1.71. The number of carbonyl (C=O) groups excluding carboxylic acids is 1. The molecular weight excluding hydrogens is 422 g/mol. The second kappa shape index (κ2) is 9.72. The average molecular weight is 443 g/mol. The first-order valence-electron chi connectivity index (χ1n) is 8.93. The van der Waals surface area contributed by atoms with Crippen LogP contribution >= 0.6 is 27.5 Å². The zero-order valence-electron chi connectivity index (χ0n) is 14.9. The molecule has 4 heteroatoms. The summed E-state index contributed by atoms with van der Waals surface area (Å²) in [5.74, 6) is 0.230. The van der Waals surface area contributed by atoms with Crippen LogP contribution < -0.4 is 5.32 Å². The summed E-state index contributed by atoms with van der Waals surface area (Å²) in [5, 5.41) is 4.15. The molecule has 0 spiro atoms. The fourth-order valence-corrected chi connectivity index (χ4v) is 3.44. The molecule has 1 N–H and O–H groups in total. The van der Waals surface area contributed by atoms with E-state index in [-0.39, 0.29) is 11.8 Å². The van der Waals surface area contributed by atoms with Gasteiger partial charge < -0.3 is 5.32 Å². The highest BCUT2D eigenvalue weighted by atomic mass is 79.9. The lowest BCUT2D eigenvalue weighted by Crippen LogP contribution is -2.16. The van der Waals surface area contributed by atoms with Gasteiger partial charge >= 0.3 is 0 Å². The second-order valence-electron chi connectivity index (χ2n) is 6.49. The van der Waals surface area contributed by atoms with E-state index in [1.54, 1.807) is 0 Å². The van der Waals surface area contributed by atoms with Gasteiger partial charge in [-0.15, -0.1) is 0 Å². The van der Waals surface area contributed by atoms with Gasteiger partial charge in [0, 0.05) is 28.0 Å². The smallest absolute Gasteiger partial charge is 0.135 e. The number of hydrogen-bond acceptors (Lipinski definition) is 2. The van der Waals surface area contributed by atoms with Crippen molar-refractivity contribution in [1.82, 2.24) is 0 Å². The summed E-state index contributed by atoms with van der Waals surface area (Å²) < 4.78 is 1.02. The van der Waals surface area contributed by atoms with Crippen LogP contribution in [0.15, 0.2) is 83.3 Å². The van der Waals surface area contributed by atoms with Crippen molar-refractivity contribution >= 4 is 39.0 Å². The maximum Gasteiger partial charge on any atom is 0.135 e. The predicted octanol–water partition coefficient (Wildman–Crippen LogP) is 6.85. The Morgan fingerprint density at radius 1 is 0.963 bits per heavy atom. The highest BCUT2D eigenvalue weighted by Gasteiger charge is 2.16. The lowest BCUT2D eigenvalue weighted by molar-refractivity contribution is -0.119. The van der Waals surface area contributed by atoms with Crippen LogP contribution in [0.4, 0.5) is 5.69 Å². The van der Waals surface area contributed by atoms with Crippen LogP contribution in [-0.2, 0) is 11.2 Å². The molecule has 0 radical (unpaired) electrons. The molecule has 1 unspecified atom stereocenters. The summed E-state index contributed by atoms with van der Waals surface area (Å²) in [5.41, 5.74) is 3.17. The van der Waals surface area contributed by atoms with E-state index in [2.05, 4.69) is 33.4 Å². The molecule has 0 saturated carbocycles. The molecule has 0 aliphatic rings. The summed E-state index contributed by atoms with van der Waals surface area (Å²) in [6.45, 7) is 0. The van der Waals surface area contributed by atoms with Crippen molar-refractivity contribution in [2.75, 3.05) is 5.32 Å². The minimum atomic E-state index is -0.117. The fourth-order valence-electron chi connectivity index (χ4n) is 2.98. The molecule has 0 bridgehead atoms. The van der Waals surface area contributed by atoms with Crippen LogP contribution in [0, 0.1) is 0 Å².